The van der Waals surface area contributed by atoms with Crippen molar-refractivity contribution in [1.29, 1.82) is 0 Å². The Hall–Kier alpha value is -0.300. The van der Waals surface area contributed by atoms with Crippen LogP contribution in [0.4, 0.5) is 0 Å². The fourth-order valence-corrected chi connectivity index (χ4v) is 2.17. The van der Waals surface area contributed by atoms with Crippen molar-refractivity contribution in [3.8, 4) is 0 Å². The molecule has 1 nitrogen and oxygen atoms in total. The third kappa shape index (κ3) is 2.10. The molecule has 0 saturated heterocycles. The molecule has 12 heavy (non-hydrogen) atoms. The molecule has 1 unspecified atom stereocenters. The van der Waals surface area contributed by atoms with Crippen molar-refractivity contribution in [3.63, 3.8) is 0 Å². The summed E-state index contributed by atoms with van der Waals surface area (Å²) >= 11 is 0. The maximum atomic E-state index is 4.04. The zero-order chi connectivity index (χ0) is 9.14. The molecule has 0 bridgehead atoms. The summed E-state index contributed by atoms with van der Waals surface area (Å²) < 4.78 is 0. The second-order valence-corrected chi connectivity index (χ2v) is 4.23. The molecule has 70 valence electrons. The van der Waals surface area contributed by atoms with E-state index < -0.39 is 0 Å². The minimum atomic E-state index is 0.709. The summed E-state index contributed by atoms with van der Waals surface area (Å²) in [5.74, 6) is 1.60. The second-order valence-electron chi connectivity index (χ2n) is 4.23. The SMILES string of the molecule is C=C(C)[C@H]1CCC(C)[C@@H](NC)C1. The summed E-state index contributed by atoms with van der Waals surface area (Å²) in [4.78, 5) is 0. The second kappa shape index (κ2) is 4.08. The molecule has 0 aromatic heterocycles. The fraction of sp³-hybridized carbons (Fsp3) is 0.818. The summed E-state index contributed by atoms with van der Waals surface area (Å²) in [6.45, 7) is 8.55. The van der Waals surface area contributed by atoms with Crippen LogP contribution in [0.15, 0.2) is 12.2 Å². The standard InChI is InChI=1S/C11H21N/c1-8(2)10-6-5-9(3)11(7-10)12-4/h9-12H,1,5-7H2,2-4H3/t9?,10-,11-/m0/s1. The normalized spacial score (nSPS) is 36.4. The lowest BCUT2D eigenvalue weighted by Crippen LogP contribution is -2.37. The minimum absolute atomic E-state index is 0.709. The largest absolute Gasteiger partial charge is 0.317 e. The zero-order valence-electron chi connectivity index (χ0n) is 8.56. The van der Waals surface area contributed by atoms with E-state index >= 15 is 0 Å². The molecule has 0 spiro atoms. The van der Waals surface area contributed by atoms with Crippen LogP contribution in [0.1, 0.15) is 33.1 Å². The molecule has 0 aromatic rings. The number of allylic oxidation sites excluding steroid dienone is 1. The van der Waals surface area contributed by atoms with E-state index in [1.165, 1.54) is 24.8 Å². The molecule has 1 heteroatoms. The first kappa shape index (κ1) is 9.79. The lowest BCUT2D eigenvalue weighted by molar-refractivity contribution is 0.248. The van der Waals surface area contributed by atoms with Crippen molar-refractivity contribution < 1.29 is 0 Å². The maximum absolute atomic E-state index is 4.04. The van der Waals surface area contributed by atoms with Crippen LogP contribution < -0.4 is 5.32 Å². The van der Waals surface area contributed by atoms with Crippen molar-refractivity contribution in [2.75, 3.05) is 7.05 Å². The summed E-state index contributed by atoms with van der Waals surface area (Å²) in [7, 11) is 2.07. The van der Waals surface area contributed by atoms with Crippen molar-refractivity contribution in [2.24, 2.45) is 11.8 Å². The molecule has 3 atom stereocenters. The molecule has 0 aromatic carbocycles. The molecule has 1 aliphatic rings. The van der Waals surface area contributed by atoms with E-state index in [1.807, 2.05) is 0 Å². The van der Waals surface area contributed by atoms with Gasteiger partial charge in [-0.1, -0.05) is 19.1 Å². The lowest BCUT2D eigenvalue weighted by Gasteiger charge is -2.34. The van der Waals surface area contributed by atoms with E-state index in [9.17, 15) is 0 Å². The van der Waals surface area contributed by atoms with Crippen LogP contribution in [-0.4, -0.2) is 13.1 Å². The quantitative estimate of drug-likeness (QED) is 0.623. The molecular formula is C11H21N. The monoisotopic (exact) mass is 167 g/mol. The molecule has 1 aliphatic carbocycles. The van der Waals surface area contributed by atoms with E-state index in [2.05, 4.69) is 32.8 Å². The van der Waals surface area contributed by atoms with E-state index in [0.29, 0.717) is 6.04 Å². The van der Waals surface area contributed by atoms with Gasteiger partial charge in [0.05, 0.1) is 0 Å². The Morgan fingerprint density at radius 2 is 2.08 bits per heavy atom. The van der Waals surface area contributed by atoms with Crippen molar-refractivity contribution in [2.45, 2.75) is 39.2 Å². The van der Waals surface area contributed by atoms with Crippen LogP contribution >= 0.6 is 0 Å². The van der Waals surface area contributed by atoms with Gasteiger partial charge < -0.3 is 5.32 Å². The molecule has 1 fully saturated rings. The minimum Gasteiger partial charge on any atom is -0.317 e. The first-order chi connectivity index (χ1) is 5.65. The Balaban J connectivity index is 2.49. The van der Waals surface area contributed by atoms with Gasteiger partial charge in [-0.05, 0) is 45.1 Å². The van der Waals surface area contributed by atoms with E-state index in [-0.39, 0.29) is 0 Å². The molecule has 0 amide bonds. The van der Waals surface area contributed by atoms with Gasteiger partial charge in [-0.25, -0.2) is 0 Å². The third-order valence-electron chi connectivity index (χ3n) is 3.26. The van der Waals surface area contributed by atoms with Crippen LogP contribution in [0, 0.1) is 11.8 Å². The average molecular weight is 167 g/mol. The van der Waals surface area contributed by atoms with Gasteiger partial charge in [-0.15, -0.1) is 0 Å². The Bertz CT molecular complexity index is 162. The van der Waals surface area contributed by atoms with Crippen LogP contribution in [0.5, 0.6) is 0 Å². The Labute approximate surface area is 76.2 Å². The summed E-state index contributed by atoms with van der Waals surface area (Å²) in [6, 6.07) is 0.709. The molecule has 0 aliphatic heterocycles. The van der Waals surface area contributed by atoms with Gasteiger partial charge >= 0.3 is 0 Å². The highest BCUT2D eigenvalue weighted by molar-refractivity contribution is 5.00. The van der Waals surface area contributed by atoms with Crippen molar-refractivity contribution >= 4 is 0 Å². The fourth-order valence-electron chi connectivity index (χ4n) is 2.17. The van der Waals surface area contributed by atoms with E-state index in [4.69, 9.17) is 0 Å². The lowest BCUT2D eigenvalue weighted by atomic mass is 9.77. The van der Waals surface area contributed by atoms with Crippen LogP contribution in [0.25, 0.3) is 0 Å². The number of hydrogen-bond donors (Lipinski definition) is 1. The molecule has 0 heterocycles. The molecule has 1 N–H and O–H groups in total. The van der Waals surface area contributed by atoms with E-state index in [0.717, 1.165) is 11.8 Å². The number of rotatable bonds is 2. The van der Waals surface area contributed by atoms with Gasteiger partial charge in [0.1, 0.15) is 0 Å². The van der Waals surface area contributed by atoms with Gasteiger partial charge in [0.25, 0.3) is 0 Å². The molecule has 1 saturated carbocycles. The zero-order valence-corrected chi connectivity index (χ0v) is 8.56. The molecule has 1 rings (SSSR count). The number of nitrogens with one attached hydrogen (secondary N) is 1. The van der Waals surface area contributed by atoms with Gasteiger partial charge in [0.2, 0.25) is 0 Å². The third-order valence-corrected chi connectivity index (χ3v) is 3.26. The first-order valence-corrected chi connectivity index (χ1v) is 4.97. The smallest absolute Gasteiger partial charge is 0.00953 e. The van der Waals surface area contributed by atoms with Crippen molar-refractivity contribution in [3.05, 3.63) is 12.2 Å². The van der Waals surface area contributed by atoms with E-state index in [1.54, 1.807) is 0 Å². The van der Waals surface area contributed by atoms with Gasteiger partial charge in [-0.3, -0.25) is 0 Å². The molecule has 0 radical (unpaired) electrons. The summed E-state index contributed by atoms with van der Waals surface area (Å²) in [5.41, 5.74) is 1.36. The van der Waals surface area contributed by atoms with Crippen molar-refractivity contribution in [1.82, 2.24) is 5.32 Å². The maximum Gasteiger partial charge on any atom is 0.00953 e. The average Bonchev–Trinajstić information content (AvgIpc) is 2.05. The number of hydrogen-bond acceptors (Lipinski definition) is 1. The highest BCUT2D eigenvalue weighted by Crippen LogP contribution is 2.32. The van der Waals surface area contributed by atoms with Crippen LogP contribution in [0.2, 0.25) is 0 Å². The summed E-state index contributed by atoms with van der Waals surface area (Å²) in [5, 5.41) is 3.40. The predicted octanol–water partition coefficient (Wildman–Crippen LogP) is 2.59. The first-order valence-electron chi connectivity index (χ1n) is 4.97. The predicted molar refractivity (Wildman–Crippen MR) is 54.2 cm³/mol. The Morgan fingerprint density at radius 3 is 2.58 bits per heavy atom. The van der Waals surface area contributed by atoms with Gasteiger partial charge in [0.15, 0.2) is 0 Å². The molecular weight excluding hydrogens is 146 g/mol. The van der Waals surface area contributed by atoms with Crippen LogP contribution in [-0.2, 0) is 0 Å². The van der Waals surface area contributed by atoms with Gasteiger partial charge in [-0.2, -0.15) is 0 Å². The van der Waals surface area contributed by atoms with Gasteiger partial charge in [0, 0.05) is 6.04 Å². The topological polar surface area (TPSA) is 12.0 Å². The Kier molecular flexibility index (Phi) is 3.33. The van der Waals surface area contributed by atoms with Crippen LogP contribution in [0.3, 0.4) is 0 Å². The summed E-state index contributed by atoms with van der Waals surface area (Å²) in [6.07, 6.45) is 3.98. The Morgan fingerprint density at radius 1 is 1.42 bits per heavy atom. The highest BCUT2D eigenvalue weighted by Gasteiger charge is 2.26. The highest BCUT2D eigenvalue weighted by atomic mass is 14.9.